The van der Waals surface area contributed by atoms with E-state index in [2.05, 4.69) is 26.3 Å². The van der Waals surface area contributed by atoms with Gasteiger partial charge in [-0.3, -0.25) is 4.99 Å². The van der Waals surface area contributed by atoms with E-state index in [4.69, 9.17) is 5.84 Å². The Morgan fingerprint density at radius 3 is 2.76 bits per heavy atom. The van der Waals surface area contributed by atoms with Crippen LogP contribution in [0.4, 0.5) is 4.39 Å². The van der Waals surface area contributed by atoms with Gasteiger partial charge in [-0.25, -0.2) is 10.2 Å². The average Bonchev–Trinajstić information content (AvgIpc) is 2.82. The first-order chi connectivity index (χ1) is 8.20. The van der Waals surface area contributed by atoms with Crippen molar-refractivity contribution in [2.45, 2.75) is 31.7 Å². The van der Waals surface area contributed by atoms with Gasteiger partial charge in [0.25, 0.3) is 0 Å². The highest BCUT2D eigenvalue weighted by Gasteiger charge is 2.16. The second-order valence-electron chi connectivity index (χ2n) is 4.18. The highest BCUT2D eigenvalue weighted by molar-refractivity contribution is 9.10. The van der Waals surface area contributed by atoms with Crippen LogP contribution in [-0.2, 0) is 0 Å². The Kier molecular flexibility index (Phi) is 4.12. The monoisotopic (exact) mass is 299 g/mol. The first kappa shape index (κ1) is 12.5. The Hall–Kier alpha value is -0.940. The van der Waals surface area contributed by atoms with Crippen molar-refractivity contribution in [2.24, 2.45) is 10.8 Å². The SMILES string of the molecule is NNC(=NC1CCCC1)c1cc(F)ccc1Br. The maximum absolute atomic E-state index is 13.2. The molecule has 17 heavy (non-hydrogen) atoms. The van der Waals surface area contributed by atoms with Crippen LogP contribution in [0.15, 0.2) is 27.7 Å². The Labute approximate surface area is 108 Å². The van der Waals surface area contributed by atoms with Gasteiger partial charge in [0.05, 0.1) is 6.04 Å². The minimum absolute atomic E-state index is 0.294. The van der Waals surface area contributed by atoms with Crippen molar-refractivity contribution in [3.05, 3.63) is 34.1 Å². The molecule has 1 fully saturated rings. The predicted octanol–water partition coefficient (Wildman–Crippen LogP) is 2.74. The lowest BCUT2D eigenvalue weighted by atomic mass is 10.2. The van der Waals surface area contributed by atoms with Gasteiger partial charge >= 0.3 is 0 Å². The zero-order chi connectivity index (χ0) is 12.3. The van der Waals surface area contributed by atoms with Crippen LogP contribution in [0.2, 0.25) is 0 Å². The first-order valence-corrected chi connectivity index (χ1v) is 6.50. The van der Waals surface area contributed by atoms with Crippen molar-refractivity contribution < 1.29 is 4.39 Å². The molecule has 0 atom stereocenters. The number of benzene rings is 1. The number of hydrazine groups is 1. The minimum atomic E-state index is -0.294. The molecule has 0 heterocycles. The smallest absolute Gasteiger partial charge is 0.144 e. The van der Waals surface area contributed by atoms with E-state index in [0.717, 1.165) is 17.3 Å². The third kappa shape index (κ3) is 3.04. The van der Waals surface area contributed by atoms with Crippen molar-refractivity contribution in [3.63, 3.8) is 0 Å². The van der Waals surface area contributed by atoms with Crippen LogP contribution < -0.4 is 11.3 Å². The number of hydrogen-bond donors (Lipinski definition) is 2. The molecule has 0 aliphatic heterocycles. The number of rotatable bonds is 2. The maximum Gasteiger partial charge on any atom is 0.144 e. The number of amidine groups is 1. The van der Waals surface area contributed by atoms with E-state index in [0.29, 0.717) is 17.4 Å². The summed E-state index contributed by atoms with van der Waals surface area (Å²) in [7, 11) is 0. The lowest BCUT2D eigenvalue weighted by molar-refractivity contribution is 0.626. The summed E-state index contributed by atoms with van der Waals surface area (Å²) in [4.78, 5) is 4.55. The number of aliphatic imine (C=N–C) groups is 1. The number of nitrogens with one attached hydrogen (secondary N) is 1. The summed E-state index contributed by atoms with van der Waals surface area (Å²) in [5.74, 6) is 5.73. The largest absolute Gasteiger partial charge is 0.308 e. The van der Waals surface area contributed by atoms with E-state index in [9.17, 15) is 4.39 Å². The maximum atomic E-state index is 13.2. The van der Waals surface area contributed by atoms with Crippen molar-refractivity contribution in [1.82, 2.24) is 5.43 Å². The molecule has 0 unspecified atom stereocenters. The second-order valence-corrected chi connectivity index (χ2v) is 5.04. The molecule has 1 aromatic carbocycles. The van der Waals surface area contributed by atoms with Crippen LogP contribution in [0, 0.1) is 5.82 Å². The second kappa shape index (κ2) is 5.60. The quantitative estimate of drug-likeness (QED) is 0.382. The lowest BCUT2D eigenvalue weighted by Crippen LogP contribution is -2.32. The van der Waals surface area contributed by atoms with Gasteiger partial charge in [-0.2, -0.15) is 0 Å². The van der Waals surface area contributed by atoms with Crippen molar-refractivity contribution >= 4 is 21.8 Å². The molecule has 5 heteroatoms. The van der Waals surface area contributed by atoms with Crippen LogP contribution in [0.3, 0.4) is 0 Å². The molecule has 0 bridgehead atoms. The van der Waals surface area contributed by atoms with Gasteiger partial charge in [0.1, 0.15) is 11.7 Å². The number of hydrogen-bond acceptors (Lipinski definition) is 2. The molecule has 2 rings (SSSR count). The molecular weight excluding hydrogens is 285 g/mol. The zero-order valence-corrected chi connectivity index (χ0v) is 11.0. The van der Waals surface area contributed by atoms with E-state index in [1.807, 2.05) is 0 Å². The molecule has 0 radical (unpaired) electrons. The number of halogens is 2. The van der Waals surface area contributed by atoms with Gasteiger partial charge in [-0.15, -0.1) is 0 Å². The predicted molar refractivity (Wildman–Crippen MR) is 70.2 cm³/mol. The summed E-state index contributed by atoms with van der Waals surface area (Å²) in [5, 5.41) is 0. The molecule has 0 aromatic heterocycles. The number of nitrogens with zero attached hydrogens (tertiary/aromatic N) is 1. The third-order valence-corrected chi connectivity index (χ3v) is 3.65. The van der Waals surface area contributed by atoms with Gasteiger partial charge in [-0.1, -0.05) is 28.8 Å². The van der Waals surface area contributed by atoms with Gasteiger partial charge in [-0.05, 0) is 31.0 Å². The molecule has 1 saturated carbocycles. The van der Waals surface area contributed by atoms with Crippen molar-refractivity contribution in [3.8, 4) is 0 Å². The fraction of sp³-hybridized carbons (Fsp3) is 0.417. The molecule has 1 aliphatic rings. The van der Waals surface area contributed by atoms with Gasteiger partial charge < -0.3 is 5.43 Å². The topological polar surface area (TPSA) is 50.4 Å². The van der Waals surface area contributed by atoms with Gasteiger partial charge in [0.2, 0.25) is 0 Å². The van der Waals surface area contributed by atoms with Crippen LogP contribution in [-0.4, -0.2) is 11.9 Å². The molecular formula is C12H15BrFN3. The fourth-order valence-electron chi connectivity index (χ4n) is 2.08. The zero-order valence-electron chi connectivity index (χ0n) is 9.42. The Balaban J connectivity index is 2.30. The van der Waals surface area contributed by atoms with E-state index < -0.39 is 0 Å². The highest BCUT2D eigenvalue weighted by atomic mass is 79.9. The van der Waals surface area contributed by atoms with Crippen molar-refractivity contribution in [1.29, 1.82) is 0 Å². The summed E-state index contributed by atoms with van der Waals surface area (Å²) in [6, 6.07) is 4.79. The van der Waals surface area contributed by atoms with Crippen LogP contribution in [0.25, 0.3) is 0 Å². The third-order valence-electron chi connectivity index (χ3n) is 2.96. The number of nitrogens with two attached hydrogens (primary N) is 1. The lowest BCUT2D eigenvalue weighted by Gasteiger charge is -2.11. The minimum Gasteiger partial charge on any atom is -0.308 e. The van der Waals surface area contributed by atoms with Crippen molar-refractivity contribution in [2.75, 3.05) is 0 Å². The summed E-state index contributed by atoms with van der Waals surface area (Å²) >= 11 is 3.38. The molecule has 1 aliphatic carbocycles. The molecule has 0 amide bonds. The van der Waals surface area contributed by atoms with Gasteiger partial charge in [0, 0.05) is 10.0 Å². The summed E-state index contributed by atoms with van der Waals surface area (Å²) in [6.07, 6.45) is 4.57. The standard InChI is InChI=1S/C12H15BrFN3/c13-11-6-5-8(14)7-10(11)12(17-15)16-9-3-1-2-4-9/h5-7,9H,1-4,15H2,(H,16,17). The van der Waals surface area contributed by atoms with Gasteiger partial charge in [0.15, 0.2) is 0 Å². The molecule has 1 aromatic rings. The first-order valence-electron chi connectivity index (χ1n) is 5.70. The normalized spacial score (nSPS) is 17.5. The van der Waals surface area contributed by atoms with E-state index in [1.165, 1.54) is 25.0 Å². The van der Waals surface area contributed by atoms with Crippen LogP contribution in [0.1, 0.15) is 31.2 Å². The Morgan fingerprint density at radius 2 is 2.12 bits per heavy atom. The fourth-order valence-corrected chi connectivity index (χ4v) is 2.51. The van der Waals surface area contributed by atoms with E-state index >= 15 is 0 Å². The van der Waals surface area contributed by atoms with Crippen LogP contribution in [0.5, 0.6) is 0 Å². The molecule has 0 spiro atoms. The van der Waals surface area contributed by atoms with E-state index in [1.54, 1.807) is 6.07 Å². The highest BCUT2D eigenvalue weighted by Crippen LogP contribution is 2.23. The molecule has 3 N–H and O–H groups in total. The average molecular weight is 300 g/mol. The Morgan fingerprint density at radius 1 is 1.41 bits per heavy atom. The van der Waals surface area contributed by atoms with Crippen LogP contribution >= 0.6 is 15.9 Å². The summed E-state index contributed by atoms with van der Waals surface area (Å²) in [6.45, 7) is 0. The van der Waals surface area contributed by atoms with E-state index in [-0.39, 0.29) is 5.82 Å². The summed E-state index contributed by atoms with van der Waals surface area (Å²) in [5.41, 5.74) is 3.23. The molecule has 3 nitrogen and oxygen atoms in total. The Bertz CT molecular complexity index is 428. The molecule has 0 saturated heterocycles. The summed E-state index contributed by atoms with van der Waals surface area (Å²) < 4.78 is 14.0. The molecule has 92 valence electrons.